The predicted octanol–water partition coefficient (Wildman–Crippen LogP) is 0.744. The summed E-state index contributed by atoms with van der Waals surface area (Å²) in [5.41, 5.74) is 1.84. The average molecular weight is 521 g/mol. The fourth-order valence-corrected chi connectivity index (χ4v) is 5.24. The molecule has 2 saturated heterocycles. The van der Waals surface area contributed by atoms with Crippen molar-refractivity contribution in [3.05, 3.63) is 71.8 Å². The van der Waals surface area contributed by atoms with Gasteiger partial charge in [0.05, 0.1) is 18.2 Å². The highest BCUT2D eigenvalue weighted by Crippen LogP contribution is 2.19. The molecule has 38 heavy (non-hydrogen) atoms. The molecule has 0 spiro atoms. The first-order chi connectivity index (χ1) is 18.4. The van der Waals surface area contributed by atoms with Crippen LogP contribution < -0.4 is 16.0 Å². The number of nitrogens with one attached hydrogen (secondary N) is 3. The van der Waals surface area contributed by atoms with Gasteiger partial charge in [-0.15, -0.1) is 0 Å². The first-order valence-electron chi connectivity index (χ1n) is 13.3. The topological polar surface area (TPSA) is 128 Å². The Morgan fingerprint density at radius 3 is 2.26 bits per heavy atom. The van der Waals surface area contributed by atoms with Crippen LogP contribution in [0, 0.1) is 0 Å². The molecule has 4 rings (SSSR count). The molecular formula is C29H36N4O5. The lowest BCUT2D eigenvalue weighted by molar-refractivity contribution is -0.139. The Kier molecular flexibility index (Phi) is 9.62. The summed E-state index contributed by atoms with van der Waals surface area (Å²) in [6, 6.07) is 16.6. The van der Waals surface area contributed by atoms with Gasteiger partial charge in [0.15, 0.2) is 0 Å². The van der Waals surface area contributed by atoms with E-state index in [1.807, 2.05) is 60.7 Å². The second-order valence-electron chi connectivity index (χ2n) is 10.1. The van der Waals surface area contributed by atoms with Crippen LogP contribution in [-0.2, 0) is 32.0 Å². The molecule has 0 saturated carbocycles. The van der Waals surface area contributed by atoms with Gasteiger partial charge in [-0.2, -0.15) is 0 Å². The maximum absolute atomic E-state index is 13.5. The minimum atomic E-state index is -0.915. The molecule has 0 bridgehead atoms. The number of amides is 3. The molecule has 0 aromatic heterocycles. The number of aldehydes is 1. The molecule has 9 heteroatoms. The van der Waals surface area contributed by atoms with Crippen molar-refractivity contribution in [1.82, 2.24) is 20.9 Å². The van der Waals surface area contributed by atoms with Gasteiger partial charge < -0.3 is 30.8 Å². The summed E-state index contributed by atoms with van der Waals surface area (Å²) >= 11 is 0. The third-order valence-corrected chi connectivity index (χ3v) is 7.16. The first-order valence-corrected chi connectivity index (χ1v) is 13.3. The smallest absolute Gasteiger partial charge is 0.246 e. The van der Waals surface area contributed by atoms with Gasteiger partial charge in [-0.25, -0.2) is 0 Å². The van der Waals surface area contributed by atoms with Crippen LogP contribution in [0.25, 0.3) is 0 Å². The average Bonchev–Trinajstić information content (AvgIpc) is 3.59. The number of β-amino-alcohol motifs (C(OH)–C–C–N with tert-alkyl or cyclic N) is 1. The Morgan fingerprint density at radius 1 is 1.00 bits per heavy atom. The summed E-state index contributed by atoms with van der Waals surface area (Å²) in [6.45, 7) is 0.836. The van der Waals surface area contributed by atoms with E-state index in [0.717, 1.165) is 30.5 Å². The molecule has 2 heterocycles. The number of rotatable bonds is 11. The molecule has 2 fully saturated rings. The number of aliphatic hydroxyl groups excluding tert-OH is 1. The van der Waals surface area contributed by atoms with E-state index in [2.05, 4.69) is 16.0 Å². The van der Waals surface area contributed by atoms with Gasteiger partial charge in [0.1, 0.15) is 12.3 Å². The zero-order chi connectivity index (χ0) is 26.9. The number of carbonyl (C=O) groups excluding carboxylic acids is 4. The Bertz CT molecular complexity index is 1090. The molecule has 9 nitrogen and oxygen atoms in total. The zero-order valence-electron chi connectivity index (χ0n) is 21.4. The van der Waals surface area contributed by atoms with Crippen LogP contribution in [0.2, 0.25) is 0 Å². The summed E-state index contributed by atoms with van der Waals surface area (Å²) in [5, 5.41) is 19.1. The van der Waals surface area contributed by atoms with Crippen molar-refractivity contribution in [3.8, 4) is 0 Å². The van der Waals surface area contributed by atoms with E-state index in [1.165, 1.54) is 4.90 Å². The maximum Gasteiger partial charge on any atom is 0.246 e. The Labute approximate surface area is 223 Å². The molecule has 5 atom stereocenters. The van der Waals surface area contributed by atoms with Gasteiger partial charge >= 0.3 is 0 Å². The third-order valence-electron chi connectivity index (χ3n) is 7.16. The van der Waals surface area contributed by atoms with E-state index in [0.29, 0.717) is 12.7 Å². The highest BCUT2D eigenvalue weighted by atomic mass is 16.3. The Morgan fingerprint density at radius 2 is 1.66 bits per heavy atom. The fourth-order valence-electron chi connectivity index (χ4n) is 5.24. The molecule has 2 aliphatic rings. The molecule has 2 aromatic rings. The number of hydrogen-bond donors (Lipinski definition) is 4. The third kappa shape index (κ3) is 7.49. The van der Waals surface area contributed by atoms with Crippen molar-refractivity contribution in [2.24, 2.45) is 0 Å². The summed E-state index contributed by atoms with van der Waals surface area (Å²) in [7, 11) is 0. The van der Waals surface area contributed by atoms with E-state index in [1.54, 1.807) is 0 Å². The highest BCUT2D eigenvalue weighted by molar-refractivity contribution is 5.90. The van der Waals surface area contributed by atoms with Crippen LogP contribution in [-0.4, -0.2) is 77.4 Å². The second-order valence-corrected chi connectivity index (χ2v) is 10.1. The summed E-state index contributed by atoms with van der Waals surface area (Å²) < 4.78 is 0. The molecular weight excluding hydrogens is 484 g/mol. The molecule has 0 unspecified atom stereocenters. The standard InChI is InChI=1S/C29H36N4O5/c34-19-23-17-24(35)18-33(23)29(38)26(15-21-10-5-2-6-11-21)32-27(36)16-22(14-20-8-3-1-4-9-20)31-28(37)25-12-7-13-30-25/h1-6,8-11,19,22-26,30,35H,7,12-18H2,(H,31,37)(H,32,36)/t22-,23-,24+,25-,26-/m0/s1. The van der Waals surface area contributed by atoms with Gasteiger partial charge in [-0.3, -0.25) is 14.4 Å². The number of benzene rings is 2. The van der Waals surface area contributed by atoms with Gasteiger partial charge in [0.2, 0.25) is 17.7 Å². The number of carbonyl (C=O) groups is 4. The van der Waals surface area contributed by atoms with Crippen molar-refractivity contribution >= 4 is 24.0 Å². The lowest BCUT2D eigenvalue weighted by Crippen LogP contribution is -2.53. The molecule has 202 valence electrons. The van der Waals surface area contributed by atoms with E-state index in [9.17, 15) is 24.3 Å². The molecule has 4 N–H and O–H groups in total. The van der Waals surface area contributed by atoms with Crippen LogP contribution in [0.5, 0.6) is 0 Å². The SMILES string of the molecule is O=C[C@@H]1C[C@@H](O)CN1C(=O)[C@H](Cc1ccccc1)NC(=O)C[C@H](Cc1ccccc1)NC(=O)[C@@H]1CCCN1. The molecule has 0 aliphatic carbocycles. The highest BCUT2D eigenvalue weighted by Gasteiger charge is 2.38. The number of likely N-dealkylation sites (tertiary alicyclic amines) is 1. The lowest BCUT2D eigenvalue weighted by Gasteiger charge is -2.28. The van der Waals surface area contributed by atoms with Crippen molar-refractivity contribution in [1.29, 1.82) is 0 Å². The van der Waals surface area contributed by atoms with Crippen molar-refractivity contribution < 1.29 is 24.3 Å². The number of hydrogen-bond acceptors (Lipinski definition) is 6. The summed E-state index contributed by atoms with van der Waals surface area (Å²) in [4.78, 5) is 52.6. The van der Waals surface area contributed by atoms with E-state index in [-0.39, 0.29) is 43.7 Å². The van der Waals surface area contributed by atoms with Crippen LogP contribution in [0.4, 0.5) is 0 Å². The van der Waals surface area contributed by atoms with Crippen LogP contribution in [0.1, 0.15) is 36.8 Å². The number of aliphatic hydroxyl groups is 1. The van der Waals surface area contributed by atoms with Crippen molar-refractivity contribution in [3.63, 3.8) is 0 Å². The zero-order valence-corrected chi connectivity index (χ0v) is 21.4. The van der Waals surface area contributed by atoms with Crippen LogP contribution in [0.3, 0.4) is 0 Å². The Hall–Kier alpha value is -3.56. The number of nitrogens with zero attached hydrogens (tertiary/aromatic N) is 1. The maximum atomic E-state index is 13.5. The van der Waals surface area contributed by atoms with Gasteiger partial charge in [-0.1, -0.05) is 60.7 Å². The van der Waals surface area contributed by atoms with E-state index < -0.39 is 30.1 Å². The van der Waals surface area contributed by atoms with Crippen molar-refractivity contribution in [2.75, 3.05) is 13.1 Å². The monoisotopic (exact) mass is 520 g/mol. The summed E-state index contributed by atoms with van der Waals surface area (Å²) in [5.74, 6) is -0.912. The largest absolute Gasteiger partial charge is 0.391 e. The van der Waals surface area contributed by atoms with Gasteiger partial charge in [-0.05, 0) is 36.9 Å². The Balaban J connectivity index is 1.48. The van der Waals surface area contributed by atoms with Crippen molar-refractivity contribution in [2.45, 2.75) is 68.8 Å². The quantitative estimate of drug-likeness (QED) is 0.324. The molecule has 0 radical (unpaired) electrons. The van der Waals surface area contributed by atoms with E-state index in [4.69, 9.17) is 0 Å². The second kappa shape index (κ2) is 13.3. The minimum Gasteiger partial charge on any atom is -0.391 e. The summed E-state index contributed by atoms with van der Waals surface area (Å²) in [6.07, 6.45) is 2.45. The normalized spacial score (nSPS) is 22.4. The van der Waals surface area contributed by atoms with Crippen LogP contribution in [0.15, 0.2) is 60.7 Å². The van der Waals surface area contributed by atoms with Crippen LogP contribution >= 0.6 is 0 Å². The van der Waals surface area contributed by atoms with Gasteiger partial charge in [0.25, 0.3) is 0 Å². The lowest BCUT2D eigenvalue weighted by atomic mass is 10.0. The fraction of sp³-hybridized carbons (Fsp3) is 0.448. The first kappa shape index (κ1) is 27.5. The minimum absolute atomic E-state index is 0.00828. The van der Waals surface area contributed by atoms with Gasteiger partial charge in [0, 0.05) is 31.8 Å². The van der Waals surface area contributed by atoms with E-state index >= 15 is 0 Å². The predicted molar refractivity (Wildman–Crippen MR) is 142 cm³/mol. The molecule has 2 aromatic carbocycles. The molecule has 3 amide bonds. The molecule has 2 aliphatic heterocycles.